The molecule has 9 heteroatoms. The van der Waals surface area contributed by atoms with Crippen molar-refractivity contribution in [2.45, 2.75) is 13.3 Å². The molecule has 0 spiro atoms. The van der Waals surface area contributed by atoms with Crippen molar-refractivity contribution in [2.24, 2.45) is 0 Å². The first-order chi connectivity index (χ1) is 14.0. The second-order valence-corrected chi connectivity index (χ2v) is 6.21. The summed E-state index contributed by atoms with van der Waals surface area (Å²) >= 11 is 0. The third kappa shape index (κ3) is 4.13. The molecule has 0 saturated carbocycles. The van der Waals surface area contributed by atoms with Crippen LogP contribution < -0.4 is 14.4 Å². The van der Waals surface area contributed by atoms with Gasteiger partial charge >= 0.3 is 5.97 Å². The van der Waals surface area contributed by atoms with Crippen LogP contribution in [0.15, 0.2) is 36.4 Å². The number of methoxy groups -OCH3 is 1. The van der Waals surface area contributed by atoms with Gasteiger partial charge in [0.2, 0.25) is 0 Å². The lowest BCUT2D eigenvalue weighted by atomic mass is 10.1. The molecule has 0 unspecified atom stereocenters. The quantitative estimate of drug-likeness (QED) is 0.399. The minimum absolute atomic E-state index is 0.125. The van der Waals surface area contributed by atoms with Gasteiger partial charge in [-0.25, -0.2) is 4.79 Å². The average Bonchev–Trinajstić information content (AvgIpc) is 3.15. The van der Waals surface area contributed by atoms with Crippen molar-refractivity contribution in [1.29, 1.82) is 0 Å². The van der Waals surface area contributed by atoms with Crippen LogP contribution in [0.25, 0.3) is 0 Å². The minimum Gasteiger partial charge on any atom is -0.493 e. The third-order valence-electron chi connectivity index (χ3n) is 4.51. The van der Waals surface area contributed by atoms with Crippen molar-refractivity contribution in [2.75, 3.05) is 31.8 Å². The molecule has 2 aromatic carbocycles. The van der Waals surface area contributed by atoms with Crippen LogP contribution in [-0.2, 0) is 16.0 Å². The molecule has 9 nitrogen and oxygen atoms in total. The smallest absolute Gasteiger partial charge is 0.345 e. The normalized spacial score (nSPS) is 12.3. The number of nitro groups is 1. The monoisotopic (exact) mass is 400 g/mol. The lowest BCUT2D eigenvalue weighted by Crippen LogP contribution is -2.33. The summed E-state index contributed by atoms with van der Waals surface area (Å²) in [4.78, 5) is 37.2. The molecule has 1 amide bonds. The van der Waals surface area contributed by atoms with E-state index in [2.05, 4.69) is 0 Å². The van der Waals surface area contributed by atoms with Crippen molar-refractivity contribution in [3.63, 3.8) is 0 Å². The summed E-state index contributed by atoms with van der Waals surface area (Å²) in [7, 11) is 1.34. The number of ether oxygens (including phenoxy) is 3. The van der Waals surface area contributed by atoms with Crippen LogP contribution in [0.2, 0.25) is 0 Å². The van der Waals surface area contributed by atoms with E-state index in [0.717, 1.165) is 23.7 Å². The highest BCUT2D eigenvalue weighted by Crippen LogP contribution is 2.35. The summed E-state index contributed by atoms with van der Waals surface area (Å²) in [5, 5.41) is 11.4. The van der Waals surface area contributed by atoms with E-state index >= 15 is 0 Å². The second kappa shape index (κ2) is 8.59. The lowest BCUT2D eigenvalue weighted by molar-refractivity contribution is -0.385. The summed E-state index contributed by atoms with van der Waals surface area (Å²) in [5.74, 6) is -1.09. The molecule has 0 aromatic heterocycles. The molecule has 0 N–H and O–H groups in total. The highest BCUT2D eigenvalue weighted by Gasteiger charge is 2.28. The predicted molar refractivity (Wildman–Crippen MR) is 104 cm³/mol. The number of nitro benzene ring substituents is 1. The fourth-order valence-electron chi connectivity index (χ4n) is 3.17. The van der Waals surface area contributed by atoms with E-state index in [9.17, 15) is 19.7 Å². The van der Waals surface area contributed by atoms with E-state index in [0.29, 0.717) is 6.54 Å². The Morgan fingerprint density at radius 3 is 2.66 bits per heavy atom. The van der Waals surface area contributed by atoms with Crippen LogP contribution in [-0.4, -0.2) is 43.7 Å². The van der Waals surface area contributed by atoms with Gasteiger partial charge in [-0.05, 0) is 25.0 Å². The van der Waals surface area contributed by atoms with E-state index in [-0.39, 0.29) is 23.7 Å². The highest BCUT2D eigenvalue weighted by molar-refractivity contribution is 6.00. The number of carbonyl (C=O) groups is 2. The van der Waals surface area contributed by atoms with Gasteiger partial charge < -0.3 is 19.1 Å². The van der Waals surface area contributed by atoms with Gasteiger partial charge in [0.1, 0.15) is 5.56 Å². The Balaban J connectivity index is 1.77. The first kappa shape index (κ1) is 20.1. The molecule has 0 fully saturated rings. The average molecular weight is 400 g/mol. The van der Waals surface area contributed by atoms with E-state index in [1.165, 1.54) is 18.1 Å². The van der Waals surface area contributed by atoms with Crippen molar-refractivity contribution < 1.29 is 28.7 Å². The molecular formula is C20H20N2O7. The Morgan fingerprint density at radius 1 is 1.21 bits per heavy atom. The molecular weight excluding hydrogens is 380 g/mol. The number of nitrogens with zero attached hydrogens (tertiary/aromatic N) is 2. The predicted octanol–water partition coefficient (Wildman–Crippen LogP) is 2.75. The summed E-state index contributed by atoms with van der Waals surface area (Å²) < 4.78 is 15.5. The lowest BCUT2D eigenvalue weighted by Gasteiger charge is -2.17. The van der Waals surface area contributed by atoms with E-state index in [1.807, 2.05) is 24.3 Å². The molecule has 0 atom stereocenters. The zero-order valence-corrected chi connectivity index (χ0v) is 16.0. The fraction of sp³-hybridized carbons (Fsp3) is 0.300. The molecule has 0 radical (unpaired) electrons. The van der Waals surface area contributed by atoms with Gasteiger partial charge in [0.05, 0.1) is 24.7 Å². The Hall–Kier alpha value is -3.62. The number of para-hydroxylation sites is 1. The molecule has 152 valence electrons. The van der Waals surface area contributed by atoms with E-state index in [4.69, 9.17) is 14.2 Å². The van der Waals surface area contributed by atoms with Crippen LogP contribution in [0.1, 0.15) is 22.8 Å². The molecule has 0 bridgehead atoms. The zero-order chi connectivity index (χ0) is 21.0. The Kier molecular flexibility index (Phi) is 5.96. The van der Waals surface area contributed by atoms with E-state index in [1.54, 1.807) is 6.92 Å². The number of hydrogen-bond acceptors (Lipinski definition) is 7. The number of hydrogen-bond donors (Lipinski definition) is 0. The SMILES string of the molecule is CCOc1cc(C(=O)OCC(=O)N2CCc3ccccc32)c([N+](=O)[O-])cc1OC. The molecule has 29 heavy (non-hydrogen) atoms. The summed E-state index contributed by atoms with van der Waals surface area (Å²) in [6.45, 7) is 1.97. The zero-order valence-electron chi connectivity index (χ0n) is 16.0. The number of rotatable bonds is 7. The van der Waals surface area contributed by atoms with Crippen LogP contribution >= 0.6 is 0 Å². The Bertz CT molecular complexity index is 958. The molecule has 0 aliphatic carbocycles. The third-order valence-corrected chi connectivity index (χ3v) is 4.51. The largest absolute Gasteiger partial charge is 0.493 e. The second-order valence-electron chi connectivity index (χ2n) is 6.21. The van der Waals surface area contributed by atoms with Crippen molar-refractivity contribution in [1.82, 2.24) is 0 Å². The first-order valence-electron chi connectivity index (χ1n) is 9.00. The number of esters is 1. The summed E-state index contributed by atoms with van der Waals surface area (Å²) in [6.07, 6.45) is 0.720. The van der Waals surface area contributed by atoms with Gasteiger partial charge in [-0.15, -0.1) is 0 Å². The summed E-state index contributed by atoms with van der Waals surface area (Å²) in [6, 6.07) is 9.77. The number of fused-ring (bicyclic) bond motifs is 1. The maximum atomic E-state index is 12.5. The highest BCUT2D eigenvalue weighted by atomic mass is 16.6. The molecule has 3 rings (SSSR count). The van der Waals surface area contributed by atoms with Gasteiger partial charge in [0.25, 0.3) is 11.6 Å². The van der Waals surface area contributed by atoms with Crippen LogP contribution in [0.4, 0.5) is 11.4 Å². The molecule has 2 aromatic rings. The number of anilines is 1. The molecule has 1 heterocycles. The van der Waals surface area contributed by atoms with Gasteiger partial charge in [0, 0.05) is 18.3 Å². The van der Waals surface area contributed by atoms with Gasteiger partial charge in [-0.1, -0.05) is 18.2 Å². The van der Waals surface area contributed by atoms with Crippen molar-refractivity contribution in [3.05, 3.63) is 57.6 Å². The van der Waals surface area contributed by atoms with Crippen molar-refractivity contribution >= 4 is 23.3 Å². The molecule has 1 aliphatic rings. The van der Waals surface area contributed by atoms with Crippen LogP contribution in [0, 0.1) is 10.1 Å². The first-order valence-corrected chi connectivity index (χ1v) is 9.00. The Labute approximate surface area is 166 Å². The van der Waals surface area contributed by atoms with Crippen LogP contribution in [0.3, 0.4) is 0 Å². The molecule has 0 saturated heterocycles. The number of carbonyl (C=O) groups excluding carboxylic acids is 2. The maximum absolute atomic E-state index is 12.5. The number of amides is 1. The van der Waals surface area contributed by atoms with Gasteiger partial charge in [-0.3, -0.25) is 14.9 Å². The standard InChI is InChI=1S/C20H20N2O7/c1-3-28-18-10-14(16(22(25)26)11-17(18)27-2)20(24)29-12-19(23)21-9-8-13-6-4-5-7-15(13)21/h4-7,10-11H,3,8-9,12H2,1-2H3. The molecule has 1 aliphatic heterocycles. The van der Waals surface area contributed by atoms with Gasteiger partial charge in [-0.2, -0.15) is 0 Å². The minimum atomic E-state index is -0.985. The fourth-order valence-corrected chi connectivity index (χ4v) is 3.17. The Morgan fingerprint density at radius 2 is 1.97 bits per heavy atom. The number of benzene rings is 2. The maximum Gasteiger partial charge on any atom is 0.345 e. The van der Waals surface area contributed by atoms with Crippen LogP contribution in [0.5, 0.6) is 11.5 Å². The summed E-state index contributed by atoms with van der Waals surface area (Å²) in [5.41, 5.74) is 1.02. The van der Waals surface area contributed by atoms with E-state index < -0.39 is 29.1 Å². The topological polar surface area (TPSA) is 108 Å². The van der Waals surface area contributed by atoms with Gasteiger partial charge in [0.15, 0.2) is 18.1 Å². The van der Waals surface area contributed by atoms with Crippen molar-refractivity contribution in [3.8, 4) is 11.5 Å².